The van der Waals surface area contributed by atoms with E-state index in [1.54, 1.807) is 0 Å². The first-order chi connectivity index (χ1) is 9.47. The summed E-state index contributed by atoms with van der Waals surface area (Å²) < 4.78 is 0. The zero-order chi connectivity index (χ0) is 14.7. The molecule has 1 aromatic heterocycles. The van der Waals surface area contributed by atoms with Crippen LogP contribution in [0, 0.1) is 5.92 Å². The minimum absolute atomic E-state index is 0.0759. The van der Waals surface area contributed by atoms with Crippen molar-refractivity contribution in [1.82, 2.24) is 4.98 Å². The average molecular weight is 298 g/mol. The predicted molar refractivity (Wildman–Crippen MR) is 74.8 cm³/mol. The summed E-state index contributed by atoms with van der Waals surface area (Å²) in [5.74, 6) is -1.39. The quantitative estimate of drug-likeness (QED) is 0.736. The number of carbonyl (C=O) groups excluding carboxylic acids is 1. The molecule has 1 saturated carbocycles. The van der Waals surface area contributed by atoms with Gasteiger partial charge in [-0.15, -0.1) is 0 Å². The smallest absolute Gasteiger partial charge is 0.339 e. The number of anilines is 1. The van der Waals surface area contributed by atoms with Gasteiger partial charge < -0.3 is 16.2 Å². The van der Waals surface area contributed by atoms with E-state index in [2.05, 4.69) is 10.3 Å². The largest absolute Gasteiger partial charge is 0.478 e. The molecule has 1 amide bonds. The zero-order valence-corrected chi connectivity index (χ0v) is 11.6. The monoisotopic (exact) mass is 297 g/mol. The SMILES string of the molecule is NC(=O)C1CCC(Nc2cc(Cl)ncc2C(=O)O)CC1. The van der Waals surface area contributed by atoms with E-state index in [4.69, 9.17) is 22.4 Å². The fourth-order valence-corrected chi connectivity index (χ4v) is 2.62. The molecule has 1 heterocycles. The summed E-state index contributed by atoms with van der Waals surface area (Å²) in [5.41, 5.74) is 5.83. The Morgan fingerprint density at radius 2 is 2.00 bits per heavy atom. The zero-order valence-electron chi connectivity index (χ0n) is 10.8. The van der Waals surface area contributed by atoms with Crippen LogP contribution < -0.4 is 11.1 Å². The Balaban J connectivity index is 2.06. The summed E-state index contributed by atoms with van der Waals surface area (Å²) in [5, 5.41) is 12.5. The second-order valence-electron chi connectivity index (χ2n) is 4.95. The second-order valence-corrected chi connectivity index (χ2v) is 5.34. The number of amides is 1. The Kier molecular flexibility index (Phi) is 4.44. The summed E-state index contributed by atoms with van der Waals surface area (Å²) in [4.78, 5) is 26.0. The van der Waals surface area contributed by atoms with Crippen molar-refractivity contribution in [3.8, 4) is 0 Å². The lowest BCUT2D eigenvalue weighted by Gasteiger charge is -2.28. The van der Waals surface area contributed by atoms with Gasteiger partial charge in [-0.25, -0.2) is 9.78 Å². The van der Waals surface area contributed by atoms with Gasteiger partial charge in [-0.05, 0) is 31.7 Å². The van der Waals surface area contributed by atoms with Gasteiger partial charge in [0.25, 0.3) is 0 Å². The van der Waals surface area contributed by atoms with Crippen molar-refractivity contribution in [1.29, 1.82) is 0 Å². The minimum atomic E-state index is -1.05. The Hall–Kier alpha value is -1.82. The number of aromatic nitrogens is 1. The number of carboxylic acids is 1. The van der Waals surface area contributed by atoms with Crippen LogP contribution in [0.15, 0.2) is 12.3 Å². The van der Waals surface area contributed by atoms with Gasteiger partial charge in [0.15, 0.2) is 0 Å². The van der Waals surface area contributed by atoms with Crippen LogP contribution in [-0.2, 0) is 4.79 Å². The molecule has 0 atom stereocenters. The summed E-state index contributed by atoms with van der Waals surface area (Å²) in [6.07, 6.45) is 4.21. The number of primary amides is 1. The molecule has 0 bridgehead atoms. The number of rotatable bonds is 4. The third-order valence-electron chi connectivity index (χ3n) is 3.59. The standard InChI is InChI=1S/C13H16ClN3O3/c14-11-5-10(9(6-16-11)13(19)20)17-8-3-1-7(2-4-8)12(15)18/h5-8H,1-4H2,(H2,15,18)(H,16,17)(H,19,20). The molecule has 1 aliphatic carbocycles. The van der Waals surface area contributed by atoms with E-state index in [0.717, 1.165) is 12.8 Å². The maximum Gasteiger partial charge on any atom is 0.339 e. The first-order valence-corrected chi connectivity index (χ1v) is 6.80. The number of carboxylic acid groups (broad SMARTS) is 1. The number of aromatic carboxylic acids is 1. The molecule has 0 unspecified atom stereocenters. The molecule has 4 N–H and O–H groups in total. The van der Waals surface area contributed by atoms with Gasteiger partial charge in [-0.2, -0.15) is 0 Å². The third kappa shape index (κ3) is 3.39. The van der Waals surface area contributed by atoms with E-state index in [-0.39, 0.29) is 28.6 Å². The topological polar surface area (TPSA) is 105 Å². The Labute approximate surface area is 121 Å². The fourth-order valence-electron chi connectivity index (χ4n) is 2.46. The number of pyridine rings is 1. The van der Waals surface area contributed by atoms with Crippen molar-refractivity contribution in [2.75, 3.05) is 5.32 Å². The fraction of sp³-hybridized carbons (Fsp3) is 0.462. The molecule has 6 nitrogen and oxygen atoms in total. The van der Waals surface area contributed by atoms with Crippen LogP contribution in [0.5, 0.6) is 0 Å². The summed E-state index contributed by atoms with van der Waals surface area (Å²) in [6.45, 7) is 0. The number of nitrogens with two attached hydrogens (primary N) is 1. The molecule has 0 aromatic carbocycles. The van der Waals surface area contributed by atoms with Crippen LogP contribution in [0.4, 0.5) is 5.69 Å². The number of hydrogen-bond acceptors (Lipinski definition) is 4. The highest BCUT2D eigenvalue weighted by Crippen LogP contribution is 2.28. The number of halogens is 1. The molecule has 7 heteroatoms. The van der Waals surface area contributed by atoms with Gasteiger partial charge >= 0.3 is 5.97 Å². The van der Waals surface area contributed by atoms with Crippen molar-refractivity contribution in [3.63, 3.8) is 0 Å². The van der Waals surface area contributed by atoms with Gasteiger partial charge in [0, 0.05) is 18.2 Å². The molecule has 0 spiro atoms. The van der Waals surface area contributed by atoms with E-state index in [1.165, 1.54) is 12.3 Å². The molecule has 20 heavy (non-hydrogen) atoms. The Bertz CT molecular complexity index is 528. The average Bonchev–Trinajstić information content (AvgIpc) is 2.39. The van der Waals surface area contributed by atoms with E-state index >= 15 is 0 Å². The van der Waals surface area contributed by atoms with Crippen LogP contribution in [-0.4, -0.2) is 28.0 Å². The highest BCUT2D eigenvalue weighted by molar-refractivity contribution is 6.29. The highest BCUT2D eigenvalue weighted by atomic mass is 35.5. The van der Waals surface area contributed by atoms with Gasteiger partial charge in [0.1, 0.15) is 10.7 Å². The van der Waals surface area contributed by atoms with Crippen LogP contribution in [0.1, 0.15) is 36.0 Å². The molecule has 0 aliphatic heterocycles. The summed E-state index contributed by atoms with van der Waals surface area (Å²) in [6, 6.07) is 1.62. The summed E-state index contributed by atoms with van der Waals surface area (Å²) in [7, 11) is 0. The van der Waals surface area contributed by atoms with E-state index in [1.807, 2.05) is 0 Å². The van der Waals surface area contributed by atoms with Crippen LogP contribution in [0.2, 0.25) is 5.15 Å². The van der Waals surface area contributed by atoms with Crippen LogP contribution in [0.25, 0.3) is 0 Å². The Morgan fingerprint density at radius 3 is 2.55 bits per heavy atom. The predicted octanol–water partition coefficient (Wildman–Crippen LogP) is 1.89. The van der Waals surface area contributed by atoms with Gasteiger partial charge in [-0.1, -0.05) is 11.6 Å². The highest BCUT2D eigenvalue weighted by Gasteiger charge is 2.25. The van der Waals surface area contributed by atoms with Gasteiger partial charge in [0.05, 0.1) is 5.69 Å². The lowest BCUT2D eigenvalue weighted by molar-refractivity contribution is -0.122. The van der Waals surface area contributed by atoms with Crippen molar-refractivity contribution in [2.45, 2.75) is 31.7 Å². The first kappa shape index (κ1) is 14.6. The minimum Gasteiger partial charge on any atom is -0.478 e. The van der Waals surface area contributed by atoms with Crippen LogP contribution >= 0.6 is 11.6 Å². The lowest BCUT2D eigenvalue weighted by Crippen LogP contribution is -2.32. The number of nitrogens with zero attached hydrogens (tertiary/aromatic N) is 1. The molecule has 1 aromatic rings. The number of hydrogen-bond donors (Lipinski definition) is 3. The molecule has 108 valence electrons. The molecule has 2 rings (SSSR count). The molecule has 0 saturated heterocycles. The maximum atomic E-state index is 11.1. The van der Waals surface area contributed by atoms with Crippen molar-refractivity contribution >= 4 is 29.2 Å². The second kappa shape index (κ2) is 6.09. The van der Waals surface area contributed by atoms with E-state index < -0.39 is 5.97 Å². The van der Waals surface area contributed by atoms with Gasteiger partial charge in [0.2, 0.25) is 5.91 Å². The maximum absolute atomic E-state index is 11.1. The lowest BCUT2D eigenvalue weighted by atomic mass is 9.85. The molecule has 1 fully saturated rings. The molecule has 1 aliphatic rings. The number of carbonyl (C=O) groups is 2. The van der Waals surface area contributed by atoms with E-state index in [9.17, 15) is 9.59 Å². The first-order valence-electron chi connectivity index (χ1n) is 6.42. The van der Waals surface area contributed by atoms with Crippen LogP contribution in [0.3, 0.4) is 0 Å². The third-order valence-corrected chi connectivity index (χ3v) is 3.80. The van der Waals surface area contributed by atoms with Gasteiger partial charge in [-0.3, -0.25) is 4.79 Å². The molecular formula is C13H16ClN3O3. The van der Waals surface area contributed by atoms with Crippen molar-refractivity contribution in [3.05, 3.63) is 23.0 Å². The summed E-state index contributed by atoms with van der Waals surface area (Å²) >= 11 is 5.80. The number of nitrogens with one attached hydrogen (secondary N) is 1. The normalized spacial score (nSPS) is 22.2. The van der Waals surface area contributed by atoms with Crippen molar-refractivity contribution in [2.24, 2.45) is 11.7 Å². The molecular weight excluding hydrogens is 282 g/mol. The van der Waals surface area contributed by atoms with Crippen molar-refractivity contribution < 1.29 is 14.7 Å². The van der Waals surface area contributed by atoms with E-state index in [0.29, 0.717) is 18.5 Å². The molecule has 0 radical (unpaired) electrons. The Morgan fingerprint density at radius 1 is 1.35 bits per heavy atom.